The monoisotopic (exact) mass is 323 g/mol. The molecule has 24 heavy (non-hydrogen) atoms. The van der Waals surface area contributed by atoms with Crippen LogP contribution in [0.25, 0.3) is 0 Å². The maximum absolute atomic E-state index is 5.39. The zero-order chi connectivity index (χ0) is 16.5. The highest BCUT2D eigenvalue weighted by Gasteiger charge is 2.30. The van der Waals surface area contributed by atoms with Gasteiger partial charge in [0.15, 0.2) is 5.82 Å². The van der Waals surface area contributed by atoms with Crippen molar-refractivity contribution < 1.29 is 4.52 Å². The number of hydrogen-bond donors (Lipinski definition) is 0. The fourth-order valence-electron chi connectivity index (χ4n) is 3.24. The van der Waals surface area contributed by atoms with Crippen molar-refractivity contribution in [2.24, 2.45) is 0 Å². The van der Waals surface area contributed by atoms with Gasteiger partial charge >= 0.3 is 0 Å². The Morgan fingerprint density at radius 1 is 1.17 bits per heavy atom. The Bertz CT molecular complexity index is 817. The van der Waals surface area contributed by atoms with Gasteiger partial charge in [-0.2, -0.15) is 10.1 Å². The molecule has 3 heterocycles. The van der Waals surface area contributed by atoms with Gasteiger partial charge in [-0.3, -0.25) is 9.58 Å². The van der Waals surface area contributed by atoms with Gasteiger partial charge in [-0.1, -0.05) is 35.5 Å². The first-order valence-corrected chi connectivity index (χ1v) is 8.28. The highest BCUT2D eigenvalue weighted by molar-refractivity contribution is 5.18. The summed E-state index contributed by atoms with van der Waals surface area (Å²) in [6.07, 6.45) is 0.707. The molecule has 1 aliphatic rings. The van der Waals surface area contributed by atoms with Crippen molar-refractivity contribution in [2.75, 3.05) is 13.1 Å². The van der Waals surface area contributed by atoms with E-state index in [0.29, 0.717) is 24.9 Å². The normalized spacial score (nSPS) is 15.6. The van der Waals surface area contributed by atoms with Crippen molar-refractivity contribution in [3.63, 3.8) is 0 Å². The largest absolute Gasteiger partial charge is 0.338 e. The lowest BCUT2D eigenvalue weighted by Crippen LogP contribution is -2.47. The van der Waals surface area contributed by atoms with E-state index >= 15 is 0 Å². The number of benzene rings is 1. The standard InChI is InChI=1S/C18H21N5O/c1-13-8-14(2)23(20-13)16-10-22(11-16)12-18-19-17(21-24-18)9-15-6-4-3-5-7-15/h3-8,16H,9-12H2,1-2H3. The minimum atomic E-state index is 0.449. The average molecular weight is 323 g/mol. The summed E-state index contributed by atoms with van der Waals surface area (Å²) in [5, 5.41) is 8.65. The first-order valence-electron chi connectivity index (χ1n) is 8.28. The molecule has 3 aromatic rings. The van der Waals surface area contributed by atoms with Crippen LogP contribution in [0.1, 0.15) is 34.7 Å². The van der Waals surface area contributed by atoms with Crippen LogP contribution in [0.2, 0.25) is 0 Å². The van der Waals surface area contributed by atoms with Gasteiger partial charge in [0.05, 0.1) is 18.3 Å². The third kappa shape index (κ3) is 3.10. The van der Waals surface area contributed by atoms with Gasteiger partial charge in [0, 0.05) is 25.2 Å². The van der Waals surface area contributed by atoms with Crippen LogP contribution in [0.3, 0.4) is 0 Å². The predicted octanol–water partition coefficient (Wildman–Crippen LogP) is 2.53. The van der Waals surface area contributed by atoms with Crippen LogP contribution in [0.15, 0.2) is 40.9 Å². The Labute approximate surface area is 141 Å². The Morgan fingerprint density at radius 2 is 1.96 bits per heavy atom. The summed E-state index contributed by atoms with van der Waals surface area (Å²) < 4.78 is 7.51. The Kier molecular flexibility index (Phi) is 3.90. The maximum atomic E-state index is 5.39. The molecular weight excluding hydrogens is 302 g/mol. The van der Waals surface area contributed by atoms with Gasteiger partial charge in [0.25, 0.3) is 0 Å². The lowest BCUT2D eigenvalue weighted by Gasteiger charge is -2.38. The molecule has 6 nitrogen and oxygen atoms in total. The quantitative estimate of drug-likeness (QED) is 0.722. The van der Waals surface area contributed by atoms with E-state index in [4.69, 9.17) is 4.52 Å². The molecule has 1 saturated heterocycles. The smallest absolute Gasteiger partial charge is 0.240 e. The molecule has 1 aliphatic heterocycles. The molecule has 0 unspecified atom stereocenters. The zero-order valence-corrected chi connectivity index (χ0v) is 14.0. The lowest BCUT2D eigenvalue weighted by atomic mass is 10.1. The van der Waals surface area contributed by atoms with Gasteiger partial charge in [-0.25, -0.2) is 0 Å². The fourth-order valence-corrected chi connectivity index (χ4v) is 3.24. The summed E-state index contributed by atoms with van der Waals surface area (Å²) in [5.74, 6) is 1.43. The van der Waals surface area contributed by atoms with Crippen LogP contribution >= 0.6 is 0 Å². The van der Waals surface area contributed by atoms with Crippen molar-refractivity contribution in [3.8, 4) is 0 Å². The van der Waals surface area contributed by atoms with E-state index in [0.717, 1.165) is 24.6 Å². The van der Waals surface area contributed by atoms with Gasteiger partial charge in [0.2, 0.25) is 5.89 Å². The van der Waals surface area contributed by atoms with Gasteiger partial charge in [0.1, 0.15) is 0 Å². The van der Waals surface area contributed by atoms with E-state index in [-0.39, 0.29) is 0 Å². The Balaban J connectivity index is 1.32. The van der Waals surface area contributed by atoms with Gasteiger partial charge < -0.3 is 4.52 Å². The second-order valence-electron chi connectivity index (χ2n) is 6.49. The maximum Gasteiger partial charge on any atom is 0.240 e. The van der Waals surface area contributed by atoms with Crippen LogP contribution in [0.4, 0.5) is 0 Å². The van der Waals surface area contributed by atoms with Crippen LogP contribution < -0.4 is 0 Å². The van der Waals surface area contributed by atoms with Crippen molar-refractivity contribution in [1.29, 1.82) is 0 Å². The summed E-state index contributed by atoms with van der Waals surface area (Å²) in [6.45, 7) is 6.79. The second kappa shape index (κ2) is 6.20. The number of likely N-dealkylation sites (tertiary alicyclic amines) is 1. The molecule has 0 atom stereocenters. The summed E-state index contributed by atoms with van der Waals surface area (Å²) in [6, 6.07) is 12.8. The number of nitrogens with zero attached hydrogens (tertiary/aromatic N) is 5. The molecule has 1 fully saturated rings. The third-order valence-electron chi connectivity index (χ3n) is 4.40. The molecule has 0 N–H and O–H groups in total. The molecule has 0 amide bonds. The van der Waals surface area contributed by atoms with Crippen LogP contribution in [0, 0.1) is 13.8 Å². The summed E-state index contributed by atoms with van der Waals surface area (Å²) in [7, 11) is 0. The number of aromatic nitrogens is 4. The van der Waals surface area contributed by atoms with E-state index in [1.54, 1.807) is 0 Å². The average Bonchev–Trinajstić information content (AvgIpc) is 3.10. The molecule has 2 aromatic heterocycles. The highest BCUT2D eigenvalue weighted by Crippen LogP contribution is 2.24. The highest BCUT2D eigenvalue weighted by atomic mass is 16.5. The third-order valence-corrected chi connectivity index (χ3v) is 4.40. The lowest BCUT2D eigenvalue weighted by molar-refractivity contribution is 0.0777. The van der Waals surface area contributed by atoms with Crippen molar-refractivity contribution in [3.05, 3.63) is 65.1 Å². The van der Waals surface area contributed by atoms with Crippen molar-refractivity contribution >= 4 is 0 Å². The van der Waals surface area contributed by atoms with Crippen LogP contribution in [-0.4, -0.2) is 37.9 Å². The SMILES string of the molecule is Cc1cc(C)n(C2CN(Cc3nc(Cc4ccccc4)no3)C2)n1. The van der Waals surface area contributed by atoms with Gasteiger partial charge in [-0.05, 0) is 25.5 Å². The number of rotatable bonds is 5. The van der Waals surface area contributed by atoms with E-state index in [9.17, 15) is 0 Å². The first kappa shape index (κ1) is 15.1. The minimum Gasteiger partial charge on any atom is -0.338 e. The molecule has 6 heteroatoms. The number of hydrogen-bond acceptors (Lipinski definition) is 5. The van der Waals surface area contributed by atoms with E-state index in [2.05, 4.69) is 49.9 Å². The molecule has 1 aromatic carbocycles. The van der Waals surface area contributed by atoms with Crippen molar-refractivity contribution in [1.82, 2.24) is 24.8 Å². The van der Waals surface area contributed by atoms with Gasteiger partial charge in [-0.15, -0.1) is 0 Å². The van der Waals surface area contributed by atoms with E-state index < -0.39 is 0 Å². The first-order chi connectivity index (χ1) is 11.7. The molecule has 0 saturated carbocycles. The Morgan fingerprint density at radius 3 is 2.67 bits per heavy atom. The topological polar surface area (TPSA) is 60.0 Å². The molecule has 124 valence electrons. The predicted molar refractivity (Wildman–Crippen MR) is 89.6 cm³/mol. The Hall–Kier alpha value is -2.47. The minimum absolute atomic E-state index is 0.449. The van der Waals surface area contributed by atoms with Crippen LogP contribution in [-0.2, 0) is 13.0 Å². The van der Waals surface area contributed by atoms with E-state index in [1.807, 2.05) is 25.1 Å². The van der Waals surface area contributed by atoms with Crippen LogP contribution in [0.5, 0.6) is 0 Å². The summed E-state index contributed by atoms with van der Waals surface area (Å²) in [5.41, 5.74) is 3.49. The molecular formula is C18H21N5O. The summed E-state index contributed by atoms with van der Waals surface area (Å²) >= 11 is 0. The molecule has 0 spiro atoms. The number of aryl methyl sites for hydroxylation is 2. The molecule has 0 radical (unpaired) electrons. The second-order valence-corrected chi connectivity index (χ2v) is 6.49. The van der Waals surface area contributed by atoms with E-state index in [1.165, 1.54) is 11.3 Å². The summed E-state index contributed by atoms with van der Waals surface area (Å²) in [4.78, 5) is 6.81. The zero-order valence-electron chi connectivity index (χ0n) is 14.0. The molecule has 0 aliphatic carbocycles. The molecule has 0 bridgehead atoms. The molecule has 4 rings (SSSR count). The van der Waals surface area contributed by atoms with Crippen molar-refractivity contribution in [2.45, 2.75) is 32.9 Å². The fraction of sp³-hybridized carbons (Fsp3) is 0.389.